The molecule has 0 bridgehead atoms. The third kappa shape index (κ3) is 4.35. The van der Waals surface area contributed by atoms with Crippen molar-refractivity contribution in [3.63, 3.8) is 0 Å². The van der Waals surface area contributed by atoms with Gasteiger partial charge in [0.05, 0.1) is 17.9 Å². The van der Waals surface area contributed by atoms with Crippen LogP contribution in [0.25, 0.3) is 16.9 Å². The van der Waals surface area contributed by atoms with Gasteiger partial charge in [-0.1, -0.05) is 54.6 Å². The minimum absolute atomic E-state index is 0.0814. The van der Waals surface area contributed by atoms with Gasteiger partial charge in [-0.25, -0.2) is 13.6 Å². The lowest BCUT2D eigenvalue weighted by atomic mass is 10.1. The molecule has 1 fully saturated rings. The van der Waals surface area contributed by atoms with Crippen molar-refractivity contribution in [3.8, 4) is 16.9 Å². The van der Waals surface area contributed by atoms with Crippen molar-refractivity contribution in [2.75, 3.05) is 26.2 Å². The van der Waals surface area contributed by atoms with E-state index in [1.807, 2.05) is 61.5 Å². The summed E-state index contributed by atoms with van der Waals surface area (Å²) in [4.78, 5) is 29.8. The number of piperazine rings is 1. The molecule has 1 N–H and O–H groups in total. The molecule has 2 heterocycles. The smallest absolute Gasteiger partial charge is 0.334 e. The topological polar surface area (TPSA) is 59.3 Å². The summed E-state index contributed by atoms with van der Waals surface area (Å²) in [5.41, 5.74) is 2.88. The van der Waals surface area contributed by atoms with Gasteiger partial charge >= 0.3 is 5.69 Å². The van der Waals surface area contributed by atoms with Gasteiger partial charge in [0.25, 0.3) is 5.91 Å². The highest BCUT2D eigenvalue weighted by atomic mass is 19.2. The Morgan fingerprint density at radius 2 is 1.61 bits per heavy atom. The van der Waals surface area contributed by atoms with Crippen LogP contribution in [0, 0.1) is 18.6 Å². The molecular weight excluding hydrogens is 462 g/mol. The number of para-hydroxylation sites is 1. The first-order chi connectivity index (χ1) is 17.5. The van der Waals surface area contributed by atoms with E-state index in [-0.39, 0.29) is 18.1 Å². The van der Waals surface area contributed by atoms with Crippen LogP contribution in [0.5, 0.6) is 0 Å². The third-order valence-electron chi connectivity index (χ3n) is 6.48. The standard InChI is InChI=1S/C28H26F2N4O2/c1-19-7-5-6-10-24(19)34-25(21-8-3-2-4-9-21)26(27(35)32-15-13-31-14-16-32)33(28(34)36)18-20-11-12-22(29)23(30)17-20/h2-12,17,31H,13-16,18H2,1H3. The van der Waals surface area contributed by atoms with Crippen LogP contribution in [0.3, 0.4) is 0 Å². The van der Waals surface area contributed by atoms with Gasteiger partial charge in [0.2, 0.25) is 0 Å². The number of hydrogen-bond donors (Lipinski definition) is 1. The third-order valence-corrected chi connectivity index (χ3v) is 6.48. The Kier molecular flexibility index (Phi) is 6.52. The maximum atomic E-state index is 14.1. The van der Waals surface area contributed by atoms with Crippen molar-refractivity contribution in [1.82, 2.24) is 19.4 Å². The van der Waals surface area contributed by atoms with E-state index in [0.29, 0.717) is 48.7 Å². The maximum absolute atomic E-state index is 14.1. The van der Waals surface area contributed by atoms with Crippen LogP contribution in [-0.4, -0.2) is 46.1 Å². The van der Waals surface area contributed by atoms with Gasteiger partial charge in [-0.15, -0.1) is 0 Å². The molecule has 1 amide bonds. The molecule has 5 rings (SSSR count). The molecular formula is C28H26F2N4O2. The van der Waals surface area contributed by atoms with Gasteiger partial charge in [-0.3, -0.25) is 13.9 Å². The number of hydrogen-bond acceptors (Lipinski definition) is 3. The van der Waals surface area contributed by atoms with Crippen molar-refractivity contribution >= 4 is 5.91 Å². The summed E-state index contributed by atoms with van der Waals surface area (Å²) >= 11 is 0. The average molecular weight is 489 g/mol. The summed E-state index contributed by atoms with van der Waals surface area (Å²) in [5.74, 6) is -2.25. The number of benzene rings is 3. The highest BCUT2D eigenvalue weighted by molar-refractivity contribution is 5.99. The van der Waals surface area contributed by atoms with Crippen LogP contribution in [0.15, 0.2) is 77.6 Å². The summed E-state index contributed by atoms with van der Waals surface area (Å²) < 4.78 is 30.6. The quantitative estimate of drug-likeness (QED) is 0.462. The summed E-state index contributed by atoms with van der Waals surface area (Å²) in [6, 6.07) is 20.3. The number of aromatic nitrogens is 2. The Hall–Kier alpha value is -4.04. The van der Waals surface area contributed by atoms with Gasteiger partial charge in [0.15, 0.2) is 11.6 Å². The van der Waals surface area contributed by atoms with Gasteiger partial charge in [0.1, 0.15) is 5.69 Å². The largest absolute Gasteiger partial charge is 0.335 e. The molecule has 0 atom stereocenters. The van der Waals surface area contributed by atoms with Crippen LogP contribution in [-0.2, 0) is 6.54 Å². The lowest BCUT2D eigenvalue weighted by molar-refractivity contribution is 0.0726. The zero-order valence-electron chi connectivity index (χ0n) is 19.9. The zero-order chi connectivity index (χ0) is 25.2. The number of rotatable bonds is 5. The van der Waals surface area contributed by atoms with Gasteiger partial charge in [-0.05, 0) is 36.2 Å². The van der Waals surface area contributed by atoms with Gasteiger partial charge in [-0.2, -0.15) is 0 Å². The highest BCUT2D eigenvalue weighted by Crippen LogP contribution is 2.29. The number of imidazole rings is 1. The van der Waals surface area contributed by atoms with Gasteiger partial charge < -0.3 is 10.2 Å². The number of carbonyl (C=O) groups is 1. The van der Waals surface area contributed by atoms with E-state index in [1.54, 1.807) is 9.47 Å². The molecule has 3 aromatic carbocycles. The fraction of sp³-hybridized carbons (Fsp3) is 0.214. The van der Waals surface area contributed by atoms with E-state index in [2.05, 4.69) is 5.32 Å². The maximum Gasteiger partial charge on any atom is 0.334 e. The number of amides is 1. The van der Waals surface area contributed by atoms with E-state index < -0.39 is 17.3 Å². The second-order valence-electron chi connectivity index (χ2n) is 8.84. The summed E-state index contributed by atoms with van der Waals surface area (Å²) in [5, 5.41) is 3.24. The van der Waals surface area contributed by atoms with Gasteiger partial charge in [0, 0.05) is 31.7 Å². The zero-order valence-corrected chi connectivity index (χ0v) is 19.9. The molecule has 36 heavy (non-hydrogen) atoms. The first-order valence-electron chi connectivity index (χ1n) is 11.9. The van der Waals surface area contributed by atoms with Crippen molar-refractivity contribution in [2.24, 2.45) is 0 Å². The molecule has 1 saturated heterocycles. The van der Waals surface area contributed by atoms with E-state index >= 15 is 0 Å². The highest BCUT2D eigenvalue weighted by Gasteiger charge is 2.31. The lowest BCUT2D eigenvalue weighted by Crippen LogP contribution is -2.47. The van der Waals surface area contributed by atoms with Crippen molar-refractivity contribution in [2.45, 2.75) is 13.5 Å². The van der Waals surface area contributed by atoms with E-state index in [1.165, 1.54) is 10.6 Å². The van der Waals surface area contributed by atoms with Crippen LogP contribution < -0.4 is 11.0 Å². The molecule has 4 aromatic rings. The molecule has 0 radical (unpaired) electrons. The molecule has 1 aliphatic heterocycles. The molecule has 0 aliphatic carbocycles. The summed E-state index contributed by atoms with van der Waals surface area (Å²) in [6.07, 6.45) is 0. The van der Waals surface area contributed by atoms with Crippen molar-refractivity contribution < 1.29 is 13.6 Å². The Labute approximate surface area is 207 Å². The molecule has 0 spiro atoms. The Bertz CT molecular complexity index is 1470. The monoisotopic (exact) mass is 488 g/mol. The minimum Gasteiger partial charge on any atom is -0.335 e. The predicted molar refractivity (Wildman–Crippen MR) is 134 cm³/mol. The summed E-state index contributed by atoms with van der Waals surface area (Å²) in [7, 11) is 0. The molecule has 184 valence electrons. The first-order valence-corrected chi connectivity index (χ1v) is 11.9. The fourth-order valence-corrected chi connectivity index (χ4v) is 4.65. The molecule has 0 unspecified atom stereocenters. The first kappa shape index (κ1) is 23.7. The van der Waals surface area contributed by atoms with Crippen LogP contribution in [0.4, 0.5) is 8.78 Å². The number of halogens is 2. The number of aryl methyl sites for hydroxylation is 1. The fourth-order valence-electron chi connectivity index (χ4n) is 4.65. The molecule has 8 heteroatoms. The SMILES string of the molecule is Cc1ccccc1-n1c(-c2ccccc2)c(C(=O)N2CCNCC2)n(Cc2ccc(F)c(F)c2)c1=O. The molecule has 0 saturated carbocycles. The molecule has 1 aromatic heterocycles. The molecule has 1 aliphatic rings. The van der Waals surface area contributed by atoms with Crippen LogP contribution in [0.2, 0.25) is 0 Å². The molecule has 6 nitrogen and oxygen atoms in total. The van der Waals surface area contributed by atoms with E-state index in [9.17, 15) is 18.4 Å². The van der Waals surface area contributed by atoms with Crippen LogP contribution in [0.1, 0.15) is 21.6 Å². The van der Waals surface area contributed by atoms with Crippen LogP contribution >= 0.6 is 0 Å². The van der Waals surface area contributed by atoms with Crippen molar-refractivity contribution in [3.05, 3.63) is 112 Å². The lowest BCUT2D eigenvalue weighted by Gasteiger charge is -2.28. The Balaban J connectivity index is 1.80. The normalized spacial score (nSPS) is 13.7. The van der Waals surface area contributed by atoms with E-state index in [4.69, 9.17) is 0 Å². The number of nitrogens with zero attached hydrogens (tertiary/aromatic N) is 3. The van der Waals surface area contributed by atoms with Crippen molar-refractivity contribution in [1.29, 1.82) is 0 Å². The Morgan fingerprint density at radius 3 is 2.31 bits per heavy atom. The Morgan fingerprint density at radius 1 is 0.917 bits per heavy atom. The second kappa shape index (κ2) is 9.91. The van der Waals surface area contributed by atoms with E-state index in [0.717, 1.165) is 17.7 Å². The second-order valence-corrected chi connectivity index (χ2v) is 8.84. The summed E-state index contributed by atoms with van der Waals surface area (Å²) in [6.45, 7) is 4.13. The average Bonchev–Trinajstić information content (AvgIpc) is 3.18. The number of nitrogens with one attached hydrogen (secondary N) is 1. The number of carbonyl (C=O) groups excluding carboxylic acids is 1. The minimum atomic E-state index is -1.00. The predicted octanol–water partition coefficient (Wildman–Crippen LogP) is 3.99.